The van der Waals surface area contributed by atoms with Crippen LogP contribution < -0.4 is 10.3 Å². The Hall–Kier alpha value is -3.08. The number of rotatable bonds is 6. The number of pyridine rings is 1. The summed E-state index contributed by atoms with van der Waals surface area (Å²) < 4.78 is 68.8. The fraction of sp³-hybridized carbons (Fsp3) is 0.300. The molecule has 164 valence electrons. The molecule has 31 heavy (non-hydrogen) atoms. The zero-order valence-electron chi connectivity index (χ0n) is 16.4. The van der Waals surface area contributed by atoms with Gasteiger partial charge >= 0.3 is 6.18 Å². The number of halogens is 3. The van der Waals surface area contributed by atoms with Crippen LogP contribution in [0.15, 0.2) is 53.7 Å². The maximum Gasteiger partial charge on any atom is 0.417 e. The lowest BCUT2D eigenvalue weighted by molar-refractivity contribution is -0.137. The van der Waals surface area contributed by atoms with Crippen LogP contribution in [0.1, 0.15) is 18.4 Å². The van der Waals surface area contributed by atoms with Gasteiger partial charge in [-0.25, -0.2) is 13.1 Å². The molecule has 0 amide bonds. The van der Waals surface area contributed by atoms with E-state index >= 15 is 0 Å². The quantitative estimate of drug-likeness (QED) is 0.620. The molecular formula is C20H19F3N4O3S. The van der Waals surface area contributed by atoms with Crippen molar-refractivity contribution in [2.24, 2.45) is 5.92 Å². The van der Waals surface area contributed by atoms with Crippen LogP contribution in [0.5, 0.6) is 0 Å². The van der Waals surface area contributed by atoms with Crippen LogP contribution in [-0.2, 0) is 22.7 Å². The summed E-state index contributed by atoms with van der Waals surface area (Å²) >= 11 is 0. The molecule has 7 nitrogen and oxygen atoms in total. The van der Waals surface area contributed by atoms with E-state index in [1.165, 1.54) is 35.3 Å². The average molecular weight is 452 g/mol. The first-order valence-corrected chi connectivity index (χ1v) is 11.3. The van der Waals surface area contributed by atoms with Gasteiger partial charge in [0, 0.05) is 36.3 Å². The monoisotopic (exact) mass is 452 g/mol. The van der Waals surface area contributed by atoms with E-state index in [0.29, 0.717) is 18.2 Å². The second-order valence-electron chi connectivity index (χ2n) is 7.63. The molecule has 1 aliphatic carbocycles. The van der Waals surface area contributed by atoms with Crippen LogP contribution in [0.3, 0.4) is 0 Å². The fourth-order valence-electron chi connectivity index (χ4n) is 3.29. The molecule has 0 spiro atoms. The molecule has 1 saturated carbocycles. The van der Waals surface area contributed by atoms with E-state index in [9.17, 15) is 26.4 Å². The van der Waals surface area contributed by atoms with E-state index in [4.69, 9.17) is 0 Å². The van der Waals surface area contributed by atoms with E-state index in [2.05, 4.69) is 9.82 Å². The number of aromatic nitrogens is 3. The van der Waals surface area contributed by atoms with Gasteiger partial charge < -0.3 is 4.57 Å². The van der Waals surface area contributed by atoms with E-state index in [1.807, 2.05) is 0 Å². The fourth-order valence-corrected chi connectivity index (χ4v) is 3.84. The molecule has 1 fully saturated rings. The molecule has 4 rings (SSSR count). The number of sulfonamides is 1. The second kappa shape index (κ2) is 7.56. The van der Waals surface area contributed by atoms with Gasteiger partial charge in [0.05, 0.1) is 23.7 Å². The van der Waals surface area contributed by atoms with E-state index in [1.54, 1.807) is 16.8 Å². The van der Waals surface area contributed by atoms with Gasteiger partial charge in [-0.1, -0.05) is 6.07 Å². The molecule has 0 saturated heterocycles. The molecular weight excluding hydrogens is 433 g/mol. The van der Waals surface area contributed by atoms with Crippen molar-refractivity contribution in [2.75, 3.05) is 11.0 Å². The van der Waals surface area contributed by atoms with Crippen LogP contribution in [0.2, 0.25) is 0 Å². The summed E-state index contributed by atoms with van der Waals surface area (Å²) in [4.78, 5) is 12.0. The van der Waals surface area contributed by atoms with E-state index < -0.39 is 21.8 Å². The van der Waals surface area contributed by atoms with Crippen LogP contribution in [-0.4, -0.2) is 29.0 Å². The lowest BCUT2D eigenvalue weighted by Gasteiger charge is -2.14. The van der Waals surface area contributed by atoms with Crippen LogP contribution >= 0.6 is 0 Å². The Morgan fingerprint density at radius 2 is 1.90 bits per heavy atom. The first-order chi connectivity index (χ1) is 14.5. The van der Waals surface area contributed by atoms with Gasteiger partial charge in [-0.05, 0) is 42.5 Å². The number of benzene rings is 1. The summed E-state index contributed by atoms with van der Waals surface area (Å²) in [6.07, 6.45) is 2.69. The minimum Gasteiger partial charge on any atom is -0.313 e. The van der Waals surface area contributed by atoms with Crippen LogP contribution in [0.4, 0.5) is 18.9 Å². The smallest absolute Gasteiger partial charge is 0.313 e. The van der Waals surface area contributed by atoms with Crippen molar-refractivity contribution < 1.29 is 21.6 Å². The third-order valence-electron chi connectivity index (χ3n) is 4.91. The highest BCUT2D eigenvalue weighted by atomic mass is 32.2. The summed E-state index contributed by atoms with van der Waals surface area (Å²) in [6.45, 7) is 0.605. The van der Waals surface area contributed by atoms with Gasteiger partial charge in [0.2, 0.25) is 10.0 Å². The Morgan fingerprint density at radius 3 is 2.55 bits per heavy atom. The normalized spacial score (nSPS) is 14.6. The number of nitrogens with one attached hydrogen (secondary N) is 1. The van der Waals surface area contributed by atoms with Crippen molar-refractivity contribution in [3.8, 4) is 16.8 Å². The minimum absolute atomic E-state index is 0.135. The molecule has 1 aliphatic rings. The molecule has 0 bridgehead atoms. The Morgan fingerprint density at radius 1 is 1.16 bits per heavy atom. The third-order valence-corrected chi connectivity index (χ3v) is 5.51. The van der Waals surface area contributed by atoms with Crippen molar-refractivity contribution in [3.05, 3.63) is 64.8 Å². The van der Waals surface area contributed by atoms with Crippen LogP contribution in [0, 0.1) is 5.92 Å². The minimum atomic E-state index is -4.70. The third kappa shape index (κ3) is 4.98. The average Bonchev–Trinajstić information content (AvgIpc) is 3.34. The van der Waals surface area contributed by atoms with E-state index in [-0.39, 0.29) is 22.4 Å². The predicted octanol–water partition coefficient (Wildman–Crippen LogP) is 3.50. The molecule has 2 aromatic heterocycles. The number of nitrogens with zero attached hydrogens (tertiary/aromatic N) is 3. The standard InChI is InChI=1S/C20H19F3N4O3S/c1-31(29,30)25-15-4-6-17(18(8-15)20(21,22)23)14-9-24-27(11-14)16-5-7-19(28)26(12-16)10-13-2-3-13/h4-9,11-13,25H,2-3,10H2,1H3. The maximum atomic E-state index is 13.7. The summed E-state index contributed by atoms with van der Waals surface area (Å²) in [5.41, 5.74) is -0.688. The molecule has 2 heterocycles. The van der Waals surface area contributed by atoms with Gasteiger partial charge in [-0.3, -0.25) is 9.52 Å². The predicted molar refractivity (Wildman–Crippen MR) is 109 cm³/mol. The van der Waals surface area contributed by atoms with Crippen molar-refractivity contribution in [1.82, 2.24) is 14.3 Å². The van der Waals surface area contributed by atoms with Gasteiger partial charge in [0.15, 0.2) is 0 Å². The zero-order chi connectivity index (χ0) is 22.4. The molecule has 3 aromatic rings. The Kier molecular flexibility index (Phi) is 5.16. The number of hydrogen-bond acceptors (Lipinski definition) is 4. The highest BCUT2D eigenvalue weighted by Gasteiger charge is 2.34. The lowest BCUT2D eigenvalue weighted by atomic mass is 10.0. The number of anilines is 1. The Labute approximate surface area is 176 Å². The van der Waals surface area contributed by atoms with Crippen molar-refractivity contribution in [2.45, 2.75) is 25.6 Å². The first kappa shape index (κ1) is 21.2. The Bertz CT molecular complexity index is 1290. The Balaban J connectivity index is 1.71. The van der Waals surface area contributed by atoms with Crippen molar-refractivity contribution >= 4 is 15.7 Å². The number of alkyl halides is 3. The lowest BCUT2D eigenvalue weighted by Crippen LogP contribution is -2.20. The van der Waals surface area contributed by atoms with Crippen LogP contribution in [0.25, 0.3) is 16.8 Å². The zero-order valence-corrected chi connectivity index (χ0v) is 17.2. The van der Waals surface area contributed by atoms with Gasteiger partial charge in [0.25, 0.3) is 5.56 Å². The molecule has 0 unspecified atom stereocenters. The largest absolute Gasteiger partial charge is 0.417 e. The first-order valence-electron chi connectivity index (χ1n) is 9.44. The van der Waals surface area contributed by atoms with Gasteiger partial charge in [-0.15, -0.1) is 0 Å². The van der Waals surface area contributed by atoms with Gasteiger partial charge in [-0.2, -0.15) is 18.3 Å². The SMILES string of the molecule is CS(=O)(=O)Nc1ccc(-c2cnn(-c3ccc(=O)n(CC4CC4)c3)c2)c(C(F)(F)F)c1. The molecule has 0 aliphatic heterocycles. The van der Waals surface area contributed by atoms with Crippen molar-refractivity contribution in [1.29, 1.82) is 0 Å². The second-order valence-corrected chi connectivity index (χ2v) is 9.38. The molecule has 1 aromatic carbocycles. The van der Waals surface area contributed by atoms with E-state index in [0.717, 1.165) is 25.2 Å². The molecule has 1 N–H and O–H groups in total. The number of hydrogen-bond donors (Lipinski definition) is 1. The summed E-state index contributed by atoms with van der Waals surface area (Å²) in [5.74, 6) is 0.481. The maximum absolute atomic E-state index is 13.7. The van der Waals surface area contributed by atoms with Gasteiger partial charge in [0.1, 0.15) is 0 Å². The summed E-state index contributed by atoms with van der Waals surface area (Å²) in [6, 6.07) is 6.19. The summed E-state index contributed by atoms with van der Waals surface area (Å²) in [7, 11) is -3.72. The molecule has 0 radical (unpaired) electrons. The highest BCUT2D eigenvalue weighted by molar-refractivity contribution is 7.92. The highest BCUT2D eigenvalue weighted by Crippen LogP contribution is 2.39. The van der Waals surface area contributed by atoms with Crippen molar-refractivity contribution in [3.63, 3.8) is 0 Å². The molecule has 11 heteroatoms. The summed E-state index contributed by atoms with van der Waals surface area (Å²) in [5, 5.41) is 4.16. The topological polar surface area (TPSA) is 86.0 Å². The molecule has 0 atom stereocenters.